The summed E-state index contributed by atoms with van der Waals surface area (Å²) in [5, 5.41) is 8.61. The molecule has 0 aromatic carbocycles. The third kappa shape index (κ3) is 3.52. The van der Waals surface area contributed by atoms with Crippen molar-refractivity contribution < 1.29 is 8.42 Å². The van der Waals surface area contributed by atoms with Gasteiger partial charge in [0.2, 0.25) is 10.0 Å². The highest BCUT2D eigenvalue weighted by Gasteiger charge is 2.20. The lowest BCUT2D eigenvalue weighted by Gasteiger charge is -2.16. The monoisotopic (exact) mass is 267 g/mol. The van der Waals surface area contributed by atoms with Crippen molar-refractivity contribution in [2.24, 2.45) is 0 Å². The van der Waals surface area contributed by atoms with Gasteiger partial charge in [0, 0.05) is 19.8 Å². The molecule has 0 saturated carbocycles. The molecular weight excluding hydrogens is 250 g/mol. The molecule has 0 atom stereocenters. The van der Waals surface area contributed by atoms with E-state index in [1.807, 2.05) is 6.07 Å². The van der Waals surface area contributed by atoms with Gasteiger partial charge < -0.3 is 0 Å². The highest BCUT2D eigenvalue weighted by Crippen LogP contribution is 2.14. The van der Waals surface area contributed by atoms with Crippen LogP contribution in [0.1, 0.15) is 31.9 Å². The fourth-order valence-corrected chi connectivity index (χ4v) is 2.64. The largest absolute Gasteiger partial charge is 0.244 e. The summed E-state index contributed by atoms with van der Waals surface area (Å²) in [4.78, 5) is 3.90. The molecular formula is C12H17N3O2S. The van der Waals surface area contributed by atoms with E-state index >= 15 is 0 Å². The van der Waals surface area contributed by atoms with Crippen molar-refractivity contribution >= 4 is 10.0 Å². The van der Waals surface area contributed by atoms with Crippen molar-refractivity contribution in [2.45, 2.75) is 31.1 Å². The molecule has 1 aromatic rings. The van der Waals surface area contributed by atoms with Gasteiger partial charge in [-0.25, -0.2) is 17.7 Å². The van der Waals surface area contributed by atoms with Crippen LogP contribution in [0.4, 0.5) is 0 Å². The first kappa shape index (κ1) is 14.6. The van der Waals surface area contributed by atoms with E-state index < -0.39 is 10.0 Å². The summed E-state index contributed by atoms with van der Waals surface area (Å²) in [5.41, 5.74) is 0.211. The molecule has 5 nitrogen and oxygen atoms in total. The lowest BCUT2D eigenvalue weighted by molar-refractivity contribution is 0.454. The Morgan fingerprint density at radius 2 is 2.11 bits per heavy atom. The molecule has 18 heavy (non-hydrogen) atoms. The Labute approximate surface area is 108 Å². The van der Waals surface area contributed by atoms with Gasteiger partial charge in [-0.05, 0) is 18.6 Å². The zero-order valence-corrected chi connectivity index (χ0v) is 11.4. The van der Waals surface area contributed by atoms with Gasteiger partial charge in [-0.2, -0.15) is 5.26 Å². The van der Waals surface area contributed by atoms with Gasteiger partial charge in [0.05, 0.1) is 0 Å². The number of aromatic nitrogens is 1. The summed E-state index contributed by atoms with van der Waals surface area (Å²) in [6.45, 7) is 2.56. The number of unbranched alkanes of at least 4 members (excludes halogenated alkanes) is 2. The summed E-state index contributed by atoms with van der Waals surface area (Å²) >= 11 is 0. The van der Waals surface area contributed by atoms with Crippen molar-refractivity contribution in [3.05, 3.63) is 24.0 Å². The van der Waals surface area contributed by atoms with Crippen LogP contribution in [-0.4, -0.2) is 31.3 Å². The molecule has 98 valence electrons. The molecule has 0 amide bonds. The van der Waals surface area contributed by atoms with Crippen molar-refractivity contribution in [1.82, 2.24) is 9.29 Å². The predicted octanol–water partition coefficient (Wildman–Crippen LogP) is 1.76. The van der Waals surface area contributed by atoms with E-state index in [9.17, 15) is 8.42 Å². The maximum absolute atomic E-state index is 12.1. The summed E-state index contributed by atoms with van der Waals surface area (Å²) in [7, 11) is -1.92. The second kappa shape index (κ2) is 6.47. The highest BCUT2D eigenvalue weighted by atomic mass is 32.2. The van der Waals surface area contributed by atoms with Crippen molar-refractivity contribution in [3.8, 4) is 6.07 Å². The van der Waals surface area contributed by atoms with Gasteiger partial charge in [-0.3, -0.25) is 0 Å². The maximum Gasteiger partial charge on any atom is 0.244 e. The number of pyridine rings is 1. The molecule has 1 aromatic heterocycles. The van der Waals surface area contributed by atoms with E-state index in [1.54, 1.807) is 7.05 Å². The number of rotatable bonds is 6. The minimum atomic E-state index is -3.48. The standard InChI is InChI=1S/C12H17N3O2S/c1-3-4-5-8-15(2)18(16,17)12-7-6-11(9-13)14-10-12/h6-7,10H,3-5,8H2,1-2H3. The fraction of sp³-hybridized carbons (Fsp3) is 0.500. The first-order valence-electron chi connectivity index (χ1n) is 5.85. The average molecular weight is 267 g/mol. The van der Waals surface area contributed by atoms with Crippen LogP contribution in [0.2, 0.25) is 0 Å². The van der Waals surface area contributed by atoms with Crippen molar-refractivity contribution in [3.63, 3.8) is 0 Å². The summed E-state index contributed by atoms with van der Waals surface area (Å²) in [5.74, 6) is 0. The van der Waals surface area contributed by atoms with Gasteiger partial charge in [0.15, 0.2) is 0 Å². The zero-order chi connectivity index (χ0) is 13.6. The molecule has 0 fully saturated rings. The Kier molecular flexibility index (Phi) is 5.25. The van der Waals surface area contributed by atoms with E-state index in [4.69, 9.17) is 5.26 Å². The van der Waals surface area contributed by atoms with Crippen molar-refractivity contribution in [1.29, 1.82) is 5.26 Å². The van der Waals surface area contributed by atoms with Crippen LogP contribution in [0, 0.1) is 11.3 Å². The van der Waals surface area contributed by atoms with Gasteiger partial charge in [0.1, 0.15) is 16.7 Å². The fourth-order valence-electron chi connectivity index (χ4n) is 1.48. The molecule has 1 heterocycles. The minimum absolute atomic E-state index is 0.125. The Balaban J connectivity index is 2.81. The Morgan fingerprint density at radius 1 is 1.39 bits per heavy atom. The normalized spacial score (nSPS) is 11.4. The number of sulfonamides is 1. The molecule has 0 unspecified atom stereocenters. The van der Waals surface area contributed by atoms with Gasteiger partial charge in [0.25, 0.3) is 0 Å². The van der Waals surface area contributed by atoms with Crippen LogP contribution in [0.15, 0.2) is 23.2 Å². The SMILES string of the molecule is CCCCCN(C)S(=O)(=O)c1ccc(C#N)nc1. The summed E-state index contributed by atoms with van der Waals surface area (Å²) < 4.78 is 25.6. The van der Waals surface area contributed by atoms with Crippen LogP contribution < -0.4 is 0 Å². The molecule has 0 N–H and O–H groups in total. The zero-order valence-electron chi connectivity index (χ0n) is 10.6. The first-order valence-corrected chi connectivity index (χ1v) is 7.29. The Hall–Kier alpha value is -1.45. The van der Waals surface area contributed by atoms with E-state index in [1.165, 1.54) is 22.6 Å². The molecule has 6 heteroatoms. The maximum atomic E-state index is 12.1. The summed E-state index contributed by atoms with van der Waals surface area (Å²) in [6, 6.07) is 4.68. The number of hydrogen-bond acceptors (Lipinski definition) is 4. The molecule has 0 aliphatic rings. The molecule has 0 aliphatic carbocycles. The van der Waals surface area contributed by atoms with Gasteiger partial charge >= 0.3 is 0 Å². The topological polar surface area (TPSA) is 74.1 Å². The Bertz CT molecular complexity index is 517. The third-order valence-corrected chi connectivity index (χ3v) is 4.48. The predicted molar refractivity (Wildman–Crippen MR) is 68.3 cm³/mol. The quantitative estimate of drug-likeness (QED) is 0.736. The summed E-state index contributed by atoms with van der Waals surface area (Å²) in [6.07, 6.45) is 4.12. The van der Waals surface area contributed by atoms with Gasteiger partial charge in [-0.15, -0.1) is 0 Å². The number of hydrogen-bond donors (Lipinski definition) is 0. The second-order valence-electron chi connectivity index (χ2n) is 4.02. The average Bonchev–Trinajstić information content (AvgIpc) is 2.39. The van der Waals surface area contributed by atoms with E-state index in [-0.39, 0.29) is 10.6 Å². The number of nitrogens with zero attached hydrogens (tertiary/aromatic N) is 3. The van der Waals surface area contributed by atoms with Crippen LogP contribution in [-0.2, 0) is 10.0 Å². The van der Waals surface area contributed by atoms with Crippen LogP contribution >= 0.6 is 0 Å². The minimum Gasteiger partial charge on any atom is -0.244 e. The second-order valence-corrected chi connectivity index (χ2v) is 6.07. The van der Waals surface area contributed by atoms with E-state index in [0.29, 0.717) is 6.54 Å². The molecule has 0 aliphatic heterocycles. The molecule has 1 rings (SSSR count). The lowest BCUT2D eigenvalue weighted by atomic mass is 10.2. The van der Waals surface area contributed by atoms with Crippen LogP contribution in [0.3, 0.4) is 0 Å². The van der Waals surface area contributed by atoms with Crippen molar-refractivity contribution in [2.75, 3.05) is 13.6 Å². The molecule has 0 radical (unpaired) electrons. The Morgan fingerprint density at radius 3 is 2.61 bits per heavy atom. The van der Waals surface area contributed by atoms with E-state index in [2.05, 4.69) is 11.9 Å². The molecule has 0 saturated heterocycles. The van der Waals surface area contributed by atoms with Crippen LogP contribution in [0.25, 0.3) is 0 Å². The third-order valence-electron chi connectivity index (χ3n) is 2.64. The smallest absolute Gasteiger partial charge is 0.244 e. The first-order chi connectivity index (χ1) is 8.52. The lowest BCUT2D eigenvalue weighted by Crippen LogP contribution is -2.28. The van der Waals surface area contributed by atoms with Gasteiger partial charge in [-0.1, -0.05) is 19.8 Å². The molecule has 0 spiro atoms. The molecule has 0 bridgehead atoms. The highest BCUT2D eigenvalue weighted by molar-refractivity contribution is 7.89. The van der Waals surface area contributed by atoms with E-state index in [0.717, 1.165) is 19.3 Å². The number of nitriles is 1. The van der Waals surface area contributed by atoms with Crippen LogP contribution in [0.5, 0.6) is 0 Å².